The minimum Gasteiger partial charge on any atom is -0.379 e. The molecule has 2 unspecified atom stereocenters. The van der Waals surface area contributed by atoms with Crippen molar-refractivity contribution in [2.75, 3.05) is 33.4 Å². The average Bonchev–Trinajstić information content (AvgIpc) is 2.92. The van der Waals surface area contributed by atoms with Gasteiger partial charge in [0.2, 0.25) is 0 Å². The fraction of sp³-hybridized carbons (Fsp3) is 0.938. The standard InChI is InChI=1S/C16H33N3O2.HI/c1-13(11-21-14-7-10-20-12-14)19-15(17-5)18-9-6-8-16(2,3)4;/h13-14H,6-12H2,1-5H3,(H2,17,18,19);1H. The Kier molecular flexibility index (Phi) is 11.4. The molecule has 0 saturated carbocycles. The lowest BCUT2D eigenvalue weighted by atomic mass is 9.91. The summed E-state index contributed by atoms with van der Waals surface area (Å²) in [6, 6.07) is 0.236. The van der Waals surface area contributed by atoms with E-state index in [-0.39, 0.29) is 36.1 Å². The monoisotopic (exact) mass is 427 g/mol. The van der Waals surface area contributed by atoms with Gasteiger partial charge < -0.3 is 20.1 Å². The molecule has 0 radical (unpaired) electrons. The van der Waals surface area contributed by atoms with Crippen molar-refractivity contribution in [1.29, 1.82) is 0 Å². The lowest BCUT2D eigenvalue weighted by Gasteiger charge is -2.21. The third-order valence-electron chi connectivity index (χ3n) is 3.47. The molecule has 5 nitrogen and oxygen atoms in total. The molecule has 1 rings (SSSR count). The lowest BCUT2D eigenvalue weighted by Crippen LogP contribution is -2.44. The Morgan fingerprint density at radius 1 is 1.41 bits per heavy atom. The molecular weight excluding hydrogens is 393 g/mol. The second-order valence-corrected chi connectivity index (χ2v) is 7.03. The molecule has 1 aliphatic rings. The van der Waals surface area contributed by atoms with Gasteiger partial charge in [-0.05, 0) is 31.6 Å². The number of guanidine groups is 1. The maximum atomic E-state index is 5.81. The Bertz CT molecular complexity index is 313. The summed E-state index contributed by atoms with van der Waals surface area (Å²) in [7, 11) is 1.80. The second kappa shape index (κ2) is 11.5. The van der Waals surface area contributed by atoms with Crippen LogP contribution in [-0.4, -0.2) is 51.5 Å². The maximum Gasteiger partial charge on any atom is 0.191 e. The first-order chi connectivity index (χ1) is 9.90. The van der Waals surface area contributed by atoms with Crippen LogP contribution in [0.5, 0.6) is 0 Å². The van der Waals surface area contributed by atoms with Gasteiger partial charge in [-0.15, -0.1) is 24.0 Å². The molecule has 1 aliphatic heterocycles. The molecule has 0 amide bonds. The first-order valence-electron chi connectivity index (χ1n) is 8.07. The number of rotatable bonds is 7. The molecule has 2 N–H and O–H groups in total. The Hall–Kier alpha value is -0.0800. The summed E-state index contributed by atoms with van der Waals surface area (Å²) in [5, 5.41) is 6.72. The van der Waals surface area contributed by atoms with E-state index in [9.17, 15) is 0 Å². The quantitative estimate of drug-likeness (QED) is 0.284. The molecule has 6 heteroatoms. The molecule has 1 saturated heterocycles. The minimum absolute atomic E-state index is 0. The molecule has 2 atom stereocenters. The van der Waals surface area contributed by atoms with Crippen molar-refractivity contribution in [3.8, 4) is 0 Å². The van der Waals surface area contributed by atoms with Crippen LogP contribution < -0.4 is 10.6 Å². The summed E-state index contributed by atoms with van der Waals surface area (Å²) in [5.41, 5.74) is 0.392. The topological polar surface area (TPSA) is 54.9 Å². The van der Waals surface area contributed by atoms with Gasteiger partial charge in [0, 0.05) is 26.2 Å². The largest absolute Gasteiger partial charge is 0.379 e. The van der Waals surface area contributed by atoms with Crippen molar-refractivity contribution in [3.05, 3.63) is 0 Å². The molecule has 0 aliphatic carbocycles. The predicted molar refractivity (Wildman–Crippen MR) is 103 cm³/mol. The Morgan fingerprint density at radius 3 is 2.68 bits per heavy atom. The van der Waals surface area contributed by atoms with E-state index in [1.54, 1.807) is 7.05 Å². The van der Waals surface area contributed by atoms with Gasteiger partial charge in [-0.25, -0.2) is 0 Å². The van der Waals surface area contributed by atoms with Crippen molar-refractivity contribution >= 4 is 29.9 Å². The van der Waals surface area contributed by atoms with Crippen molar-refractivity contribution in [1.82, 2.24) is 10.6 Å². The highest BCUT2D eigenvalue weighted by Gasteiger charge is 2.17. The van der Waals surface area contributed by atoms with Crippen LogP contribution >= 0.6 is 24.0 Å². The van der Waals surface area contributed by atoms with Gasteiger partial charge in [0.25, 0.3) is 0 Å². The molecule has 0 bridgehead atoms. The Labute approximate surface area is 153 Å². The van der Waals surface area contributed by atoms with Crippen LogP contribution in [0.3, 0.4) is 0 Å². The normalized spacial score (nSPS) is 20.4. The highest BCUT2D eigenvalue weighted by Crippen LogP contribution is 2.19. The number of halogens is 1. The Morgan fingerprint density at radius 2 is 2.14 bits per heavy atom. The van der Waals surface area contributed by atoms with Crippen molar-refractivity contribution < 1.29 is 9.47 Å². The van der Waals surface area contributed by atoms with Crippen LogP contribution in [-0.2, 0) is 9.47 Å². The average molecular weight is 427 g/mol. The smallest absolute Gasteiger partial charge is 0.191 e. The summed E-state index contributed by atoms with van der Waals surface area (Å²) in [6.45, 7) is 12.1. The minimum atomic E-state index is 0. The summed E-state index contributed by atoms with van der Waals surface area (Å²) in [6.07, 6.45) is 3.62. The highest BCUT2D eigenvalue weighted by molar-refractivity contribution is 14.0. The summed E-state index contributed by atoms with van der Waals surface area (Å²) in [5.74, 6) is 0.850. The van der Waals surface area contributed by atoms with Crippen LogP contribution in [0.4, 0.5) is 0 Å². The van der Waals surface area contributed by atoms with E-state index in [1.165, 1.54) is 6.42 Å². The van der Waals surface area contributed by atoms with Crippen LogP contribution in [0, 0.1) is 5.41 Å². The Balaban J connectivity index is 0.00000441. The lowest BCUT2D eigenvalue weighted by molar-refractivity contribution is 0.0347. The number of hydrogen-bond acceptors (Lipinski definition) is 3. The first-order valence-corrected chi connectivity index (χ1v) is 8.07. The number of aliphatic imine (C=N–C) groups is 1. The van der Waals surface area contributed by atoms with Gasteiger partial charge in [0.15, 0.2) is 5.96 Å². The molecule has 0 spiro atoms. The first kappa shape index (κ1) is 21.9. The predicted octanol–water partition coefficient (Wildman–Crippen LogP) is 2.79. The molecular formula is C16H34IN3O2. The van der Waals surface area contributed by atoms with Gasteiger partial charge in [0.1, 0.15) is 0 Å². The third kappa shape index (κ3) is 10.6. The molecule has 1 fully saturated rings. The fourth-order valence-electron chi connectivity index (χ4n) is 2.22. The van der Waals surface area contributed by atoms with Crippen molar-refractivity contribution in [2.45, 2.75) is 59.1 Å². The van der Waals surface area contributed by atoms with Crippen molar-refractivity contribution in [3.63, 3.8) is 0 Å². The van der Waals surface area contributed by atoms with Crippen LogP contribution in [0.1, 0.15) is 47.0 Å². The van der Waals surface area contributed by atoms with Gasteiger partial charge in [0.05, 0.1) is 19.3 Å². The van der Waals surface area contributed by atoms with Gasteiger partial charge >= 0.3 is 0 Å². The molecule has 1 heterocycles. The molecule has 132 valence electrons. The number of nitrogens with one attached hydrogen (secondary N) is 2. The summed E-state index contributed by atoms with van der Waals surface area (Å²) in [4.78, 5) is 4.26. The summed E-state index contributed by atoms with van der Waals surface area (Å²) >= 11 is 0. The van der Waals surface area contributed by atoms with E-state index >= 15 is 0 Å². The third-order valence-corrected chi connectivity index (χ3v) is 3.47. The number of nitrogens with zero attached hydrogens (tertiary/aromatic N) is 1. The zero-order chi connectivity index (χ0) is 15.7. The van der Waals surface area contributed by atoms with E-state index in [1.807, 2.05) is 0 Å². The number of ether oxygens (including phenoxy) is 2. The van der Waals surface area contributed by atoms with Gasteiger partial charge in [-0.2, -0.15) is 0 Å². The van der Waals surface area contributed by atoms with Crippen LogP contribution in [0.25, 0.3) is 0 Å². The van der Waals surface area contributed by atoms with Crippen LogP contribution in [0.2, 0.25) is 0 Å². The van der Waals surface area contributed by atoms with E-state index < -0.39 is 0 Å². The molecule has 22 heavy (non-hydrogen) atoms. The fourth-order valence-corrected chi connectivity index (χ4v) is 2.22. The molecule has 0 aromatic carbocycles. The SMILES string of the molecule is CN=C(NCCCC(C)(C)C)NC(C)COC1CCOC1.I. The molecule has 0 aromatic heterocycles. The van der Waals surface area contributed by atoms with Gasteiger partial charge in [-0.3, -0.25) is 4.99 Å². The zero-order valence-electron chi connectivity index (χ0n) is 14.8. The van der Waals surface area contributed by atoms with E-state index in [4.69, 9.17) is 9.47 Å². The van der Waals surface area contributed by atoms with E-state index in [0.29, 0.717) is 12.0 Å². The van der Waals surface area contributed by atoms with E-state index in [0.717, 1.165) is 38.6 Å². The van der Waals surface area contributed by atoms with E-state index in [2.05, 4.69) is 43.3 Å². The van der Waals surface area contributed by atoms with Crippen LogP contribution in [0.15, 0.2) is 4.99 Å². The second-order valence-electron chi connectivity index (χ2n) is 7.03. The molecule has 0 aromatic rings. The van der Waals surface area contributed by atoms with Gasteiger partial charge in [-0.1, -0.05) is 20.8 Å². The summed E-state index contributed by atoms with van der Waals surface area (Å²) < 4.78 is 11.1. The van der Waals surface area contributed by atoms with Crippen molar-refractivity contribution in [2.24, 2.45) is 10.4 Å². The maximum absolute atomic E-state index is 5.81. The zero-order valence-corrected chi connectivity index (χ0v) is 17.1. The highest BCUT2D eigenvalue weighted by atomic mass is 127. The number of hydrogen-bond donors (Lipinski definition) is 2.